The van der Waals surface area contributed by atoms with E-state index in [1.165, 1.54) is 17.4 Å². The van der Waals surface area contributed by atoms with Crippen molar-refractivity contribution in [1.29, 1.82) is 0 Å². The Kier molecular flexibility index (Phi) is 4.83. The maximum Gasteiger partial charge on any atom is 0.148 e. The number of anilines is 2. The van der Waals surface area contributed by atoms with E-state index in [0.717, 1.165) is 10.7 Å². The van der Waals surface area contributed by atoms with Crippen molar-refractivity contribution in [1.82, 2.24) is 4.98 Å². The zero-order valence-corrected chi connectivity index (χ0v) is 13.2. The van der Waals surface area contributed by atoms with Crippen LogP contribution in [0.25, 0.3) is 0 Å². The number of rotatable bonds is 5. The third kappa shape index (κ3) is 3.61. The monoisotopic (exact) mass is 313 g/mol. The lowest BCUT2D eigenvalue weighted by Crippen LogP contribution is -2.26. The van der Waals surface area contributed by atoms with Crippen molar-refractivity contribution in [3.63, 3.8) is 0 Å². The summed E-state index contributed by atoms with van der Waals surface area (Å²) in [6, 6.07) is 5.41. The Morgan fingerprint density at radius 2 is 2.20 bits per heavy atom. The normalized spacial score (nSPS) is 10.9. The van der Waals surface area contributed by atoms with Crippen molar-refractivity contribution in [2.45, 2.75) is 26.4 Å². The number of hydrogen-bond acceptors (Lipinski definition) is 4. The molecule has 108 valence electrons. The summed E-state index contributed by atoms with van der Waals surface area (Å²) in [6.45, 7) is 4.59. The molecule has 0 aliphatic rings. The van der Waals surface area contributed by atoms with E-state index in [4.69, 9.17) is 11.6 Å². The zero-order chi connectivity index (χ0) is 14.7. The molecule has 0 aliphatic carbocycles. The van der Waals surface area contributed by atoms with Crippen molar-refractivity contribution in [2.75, 3.05) is 17.3 Å². The molecule has 0 unspecified atom stereocenters. The van der Waals surface area contributed by atoms with Crippen LogP contribution in [0.15, 0.2) is 24.4 Å². The van der Waals surface area contributed by atoms with Gasteiger partial charge < -0.3 is 10.2 Å². The van der Waals surface area contributed by atoms with Crippen LogP contribution in [0.3, 0.4) is 0 Å². The van der Waals surface area contributed by atoms with Crippen LogP contribution in [-0.4, -0.2) is 18.1 Å². The summed E-state index contributed by atoms with van der Waals surface area (Å²) in [5.41, 5.74) is 1.33. The predicted octanol–water partition coefficient (Wildman–Crippen LogP) is 4.39. The van der Waals surface area contributed by atoms with Crippen molar-refractivity contribution >= 4 is 34.3 Å². The van der Waals surface area contributed by atoms with E-state index in [0.29, 0.717) is 16.6 Å². The third-order valence-corrected chi connectivity index (χ3v) is 4.19. The fourth-order valence-electron chi connectivity index (χ4n) is 1.73. The molecule has 0 fully saturated rings. The molecule has 1 aromatic carbocycles. The highest BCUT2D eigenvalue weighted by Crippen LogP contribution is 2.24. The van der Waals surface area contributed by atoms with Gasteiger partial charge >= 0.3 is 0 Å². The summed E-state index contributed by atoms with van der Waals surface area (Å²) < 4.78 is 14.7. The minimum absolute atomic E-state index is 0.233. The van der Waals surface area contributed by atoms with Crippen molar-refractivity contribution in [3.05, 3.63) is 39.6 Å². The summed E-state index contributed by atoms with van der Waals surface area (Å²) in [5.74, 6) is -0.233. The molecular formula is C14H17ClFN3S. The molecule has 6 heteroatoms. The van der Waals surface area contributed by atoms with Gasteiger partial charge in [-0.05, 0) is 32.0 Å². The molecule has 2 aromatic rings. The lowest BCUT2D eigenvalue weighted by Gasteiger charge is -2.24. The van der Waals surface area contributed by atoms with Gasteiger partial charge in [0, 0.05) is 18.8 Å². The number of nitrogens with zero attached hydrogens (tertiary/aromatic N) is 2. The van der Waals surface area contributed by atoms with E-state index in [2.05, 4.69) is 10.3 Å². The van der Waals surface area contributed by atoms with Crippen LogP contribution in [-0.2, 0) is 6.54 Å². The highest BCUT2D eigenvalue weighted by Gasteiger charge is 2.11. The molecule has 1 N–H and O–H groups in total. The molecule has 0 bridgehead atoms. The van der Waals surface area contributed by atoms with E-state index in [1.54, 1.807) is 12.3 Å². The lowest BCUT2D eigenvalue weighted by atomic mass is 10.2. The number of nitrogens with one attached hydrogen (secondary N) is 1. The molecule has 0 aliphatic heterocycles. The second kappa shape index (κ2) is 6.41. The van der Waals surface area contributed by atoms with Crippen molar-refractivity contribution < 1.29 is 4.39 Å². The van der Waals surface area contributed by atoms with Crippen LogP contribution >= 0.6 is 22.9 Å². The second-order valence-electron chi connectivity index (χ2n) is 4.78. The summed E-state index contributed by atoms with van der Waals surface area (Å²) in [6.07, 6.45) is 1.62. The van der Waals surface area contributed by atoms with Gasteiger partial charge in [-0.15, -0.1) is 11.3 Å². The van der Waals surface area contributed by atoms with Gasteiger partial charge in [0.15, 0.2) is 0 Å². The van der Waals surface area contributed by atoms with E-state index in [-0.39, 0.29) is 11.9 Å². The van der Waals surface area contributed by atoms with E-state index >= 15 is 0 Å². The molecule has 0 spiro atoms. The highest BCUT2D eigenvalue weighted by atomic mass is 35.5. The van der Waals surface area contributed by atoms with Gasteiger partial charge in [-0.3, -0.25) is 0 Å². The molecule has 3 nitrogen and oxygen atoms in total. The Morgan fingerprint density at radius 1 is 1.45 bits per heavy atom. The molecular weight excluding hydrogens is 297 g/mol. The number of aromatic nitrogens is 1. The Balaban J connectivity index is 2.05. The topological polar surface area (TPSA) is 28.2 Å². The Morgan fingerprint density at radius 3 is 2.75 bits per heavy atom. The van der Waals surface area contributed by atoms with Crippen LogP contribution in [0.5, 0.6) is 0 Å². The molecule has 2 rings (SSSR count). The molecule has 1 aromatic heterocycles. The average Bonchev–Trinajstić information content (AvgIpc) is 2.81. The minimum atomic E-state index is -0.233. The Hall–Kier alpha value is -1.33. The van der Waals surface area contributed by atoms with Gasteiger partial charge in [0.2, 0.25) is 0 Å². The van der Waals surface area contributed by atoms with Crippen LogP contribution in [0, 0.1) is 5.82 Å². The van der Waals surface area contributed by atoms with E-state index < -0.39 is 0 Å². The van der Waals surface area contributed by atoms with Crippen LogP contribution in [0.1, 0.15) is 18.9 Å². The van der Waals surface area contributed by atoms with Crippen LogP contribution in [0.4, 0.5) is 15.8 Å². The Bertz CT molecular complexity index is 586. The van der Waals surface area contributed by atoms with E-state index in [9.17, 15) is 4.39 Å². The number of benzene rings is 1. The van der Waals surface area contributed by atoms with Gasteiger partial charge in [-0.2, -0.15) is 0 Å². The third-order valence-electron chi connectivity index (χ3n) is 3.07. The smallest absolute Gasteiger partial charge is 0.148 e. The van der Waals surface area contributed by atoms with Gasteiger partial charge in [-0.1, -0.05) is 11.6 Å². The summed E-state index contributed by atoms with van der Waals surface area (Å²) >= 11 is 7.23. The SMILES string of the molecule is CC(C)N(C)c1ccc(NCc2ncc(Cl)s2)cc1F. The first-order valence-electron chi connectivity index (χ1n) is 6.34. The van der Waals surface area contributed by atoms with Gasteiger partial charge in [0.25, 0.3) is 0 Å². The largest absolute Gasteiger partial charge is 0.378 e. The van der Waals surface area contributed by atoms with Crippen LogP contribution in [0.2, 0.25) is 4.34 Å². The quantitative estimate of drug-likeness (QED) is 0.887. The predicted molar refractivity (Wildman–Crippen MR) is 84.4 cm³/mol. The van der Waals surface area contributed by atoms with Gasteiger partial charge in [0.05, 0.1) is 18.4 Å². The molecule has 0 amide bonds. The van der Waals surface area contributed by atoms with Crippen LogP contribution < -0.4 is 10.2 Å². The molecule has 0 radical (unpaired) electrons. The molecule has 1 heterocycles. The lowest BCUT2D eigenvalue weighted by molar-refractivity contribution is 0.614. The van der Waals surface area contributed by atoms with Gasteiger partial charge in [0.1, 0.15) is 15.2 Å². The van der Waals surface area contributed by atoms with Crippen molar-refractivity contribution in [3.8, 4) is 0 Å². The fraction of sp³-hybridized carbons (Fsp3) is 0.357. The summed E-state index contributed by atoms with van der Waals surface area (Å²) in [4.78, 5) is 6.05. The Labute approximate surface area is 127 Å². The zero-order valence-electron chi connectivity index (χ0n) is 11.7. The average molecular weight is 314 g/mol. The standard InChI is InChI=1S/C14H17ClFN3S/c1-9(2)19(3)12-5-4-10(6-11(12)16)17-8-14-18-7-13(15)20-14/h4-7,9,17H,8H2,1-3H3. The summed E-state index contributed by atoms with van der Waals surface area (Å²) in [7, 11) is 1.88. The first-order valence-corrected chi connectivity index (χ1v) is 7.53. The molecule has 0 atom stereocenters. The first kappa shape index (κ1) is 15.1. The minimum Gasteiger partial charge on any atom is -0.378 e. The number of halogens is 2. The van der Waals surface area contributed by atoms with E-state index in [1.807, 2.05) is 31.9 Å². The maximum absolute atomic E-state index is 14.1. The molecule has 0 saturated heterocycles. The van der Waals surface area contributed by atoms with Gasteiger partial charge in [-0.25, -0.2) is 9.37 Å². The molecule has 0 saturated carbocycles. The van der Waals surface area contributed by atoms with Crippen molar-refractivity contribution in [2.24, 2.45) is 0 Å². The fourth-order valence-corrected chi connectivity index (χ4v) is 2.62. The second-order valence-corrected chi connectivity index (χ2v) is 6.53. The number of thiazole rings is 1. The number of hydrogen-bond donors (Lipinski definition) is 1. The molecule has 20 heavy (non-hydrogen) atoms. The first-order chi connectivity index (χ1) is 9.47. The summed E-state index contributed by atoms with van der Waals surface area (Å²) in [5, 5.41) is 4.02. The highest BCUT2D eigenvalue weighted by molar-refractivity contribution is 7.15. The maximum atomic E-state index is 14.1.